The topological polar surface area (TPSA) is 67.2 Å². The van der Waals surface area contributed by atoms with Crippen LogP contribution in [0.2, 0.25) is 0 Å². The van der Waals surface area contributed by atoms with E-state index in [-0.39, 0.29) is 11.5 Å². The molecule has 3 aromatic rings. The Kier molecular flexibility index (Phi) is 6.21. The number of hydrogen-bond acceptors (Lipinski definition) is 6. The monoisotopic (exact) mass is 414 g/mol. The van der Waals surface area contributed by atoms with E-state index >= 15 is 0 Å². The number of thioether (sulfide) groups is 1. The van der Waals surface area contributed by atoms with Crippen molar-refractivity contribution in [1.29, 1.82) is 0 Å². The second kappa shape index (κ2) is 8.62. The highest BCUT2D eigenvalue weighted by Gasteiger charge is 2.19. The maximum atomic E-state index is 12.7. The molecule has 8 heteroatoms. The summed E-state index contributed by atoms with van der Waals surface area (Å²) in [5, 5.41) is 5.45. The van der Waals surface area contributed by atoms with Crippen LogP contribution in [0.3, 0.4) is 0 Å². The van der Waals surface area contributed by atoms with Gasteiger partial charge in [-0.2, -0.15) is 0 Å². The van der Waals surface area contributed by atoms with Crippen LogP contribution in [0.4, 0.5) is 11.4 Å². The molecule has 1 amide bonds. The summed E-state index contributed by atoms with van der Waals surface area (Å²) in [5.41, 5.74) is 1.68. The zero-order valence-corrected chi connectivity index (χ0v) is 17.6. The van der Waals surface area contributed by atoms with Gasteiger partial charge in [-0.15, -0.1) is 17.9 Å². The van der Waals surface area contributed by atoms with Crippen molar-refractivity contribution >= 4 is 50.6 Å². The number of rotatable bonds is 7. The molecule has 1 aromatic carbocycles. The number of carbonyl (C=O) groups excluding carboxylic acids is 1. The van der Waals surface area contributed by atoms with Crippen molar-refractivity contribution < 1.29 is 4.79 Å². The van der Waals surface area contributed by atoms with Crippen LogP contribution in [0.25, 0.3) is 10.2 Å². The first-order valence-electron chi connectivity index (χ1n) is 8.74. The van der Waals surface area contributed by atoms with Crippen LogP contribution >= 0.6 is 23.1 Å². The fourth-order valence-electron chi connectivity index (χ4n) is 2.61. The minimum Gasteiger partial charge on any atom is -0.378 e. The predicted molar refractivity (Wildman–Crippen MR) is 119 cm³/mol. The lowest BCUT2D eigenvalue weighted by molar-refractivity contribution is -0.115. The Bertz CT molecular complexity index is 1050. The number of nitrogens with one attached hydrogen (secondary N) is 1. The van der Waals surface area contributed by atoms with Crippen LogP contribution in [0.1, 0.15) is 6.92 Å². The molecule has 28 heavy (non-hydrogen) atoms. The molecule has 0 saturated heterocycles. The van der Waals surface area contributed by atoms with Crippen LogP contribution in [0.15, 0.2) is 58.3 Å². The first kappa shape index (κ1) is 20.2. The molecule has 1 unspecified atom stereocenters. The lowest BCUT2D eigenvalue weighted by atomic mass is 10.2. The van der Waals surface area contributed by atoms with Crippen molar-refractivity contribution in [2.24, 2.45) is 0 Å². The number of carbonyl (C=O) groups is 1. The first-order chi connectivity index (χ1) is 13.4. The van der Waals surface area contributed by atoms with Crippen LogP contribution in [0.5, 0.6) is 0 Å². The molecule has 1 atom stereocenters. The van der Waals surface area contributed by atoms with Gasteiger partial charge < -0.3 is 10.2 Å². The minimum atomic E-state index is -0.422. The van der Waals surface area contributed by atoms with E-state index in [0.29, 0.717) is 21.9 Å². The number of hydrogen-bond donors (Lipinski definition) is 1. The van der Waals surface area contributed by atoms with E-state index in [4.69, 9.17) is 0 Å². The van der Waals surface area contributed by atoms with Gasteiger partial charge in [0.05, 0.1) is 10.6 Å². The van der Waals surface area contributed by atoms with E-state index in [1.165, 1.54) is 23.1 Å². The lowest BCUT2D eigenvalue weighted by Gasteiger charge is -2.16. The van der Waals surface area contributed by atoms with Gasteiger partial charge in [0, 0.05) is 32.0 Å². The number of benzene rings is 1. The third kappa shape index (κ3) is 4.28. The molecule has 0 saturated carbocycles. The summed E-state index contributed by atoms with van der Waals surface area (Å²) in [6.07, 6.45) is 1.66. The summed E-state index contributed by atoms with van der Waals surface area (Å²) < 4.78 is 1.56. The van der Waals surface area contributed by atoms with E-state index in [0.717, 1.165) is 11.4 Å². The summed E-state index contributed by atoms with van der Waals surface area (Å²) in [5.74, 6) is -0.145. The van der Waals surface area contributed by atoms with Gasteiger partial charge in [-0.1, -0.05) is 17.8 Å². The highest BCUT2D eigenvalue weighted by molar-refractivity contribution is 8.00. The number of aromatic nitrogens is 2. The average molecular weight is 415 g/mol. The second-order valence-corrected chi connectivity index (χ2v) is 8.63. The highest BCUT2D eigenvalue weighted by Crippen LogP contribution is 2.25. The van der Waals surface area contributed by atoms with Gasteiger partial charge in [-0.3, -0.25) is 14.2 Å². The van der Waals surface area contributed by atoms with Crippen molar-refractivity contribution in [3.8, 4) is 0 Å². The largest absolute Gasteiger partial charge is 0.378 e. The molecule has 146 valence electrons. The average Bonchev–Trinajstić information content (AvgIpc) is 3.14. The fraction of sp³-hybridized carbons (Fsp3) is 0.250. The molecule has 0 fully saturated rings. The molecule has 0 aliphatic rings. The van der Waals surface area contributed by atoms with Crippen molar-refractivity contribution in [3.63, 3.8) is 0 Å². The SMILES string of the molecule is C=CCn1c(SC(C)C(=O)Nc2ccc(N(C)C)cc2)nc2sccc2c1=O. The number of amides is 1. The molecule has 6 nitrogen and oxygen atoms in total. The van der Waals surface area contributed by atoms with Crippen LogP contribution in [0, 0.1) is 0 Å². The van der Waals surface area contributed by atoms with E-state index in [2.05, 4.69) is 16.9 Å². The van der Waals surface area contributed by atoms with E-state index in [9.17, 15) is 9.59 Å². The van der Waals surface area contributed by atoms with Crippen molar-refractivity contribution in [1.82, 2.24) is 9.55 Å². The number of allylic oxidation sites excluding steroid dienone is 1. The van der Waals surface area contributed by atoms with E-state index in [1.54, 1.807) is 23.6 Å². The van der Waals surface area contributed by atoms with Gasteiger partial charge in [0.1, 0.15) is 4.83 Å². The Hall–Kier alpha value is -2.58. The maximum absolute atomic E-state index is 12.7. The van der Waals surface area contributed by atoms with Gasteiger partial charge in [-0.25, -0.2) is 4.98 Å². The van der Waals surface area contributed by atoms with Crippen LogP contribution in [-0.4, -0.2) is 34.8 Å². The molecule has 0 spiro atoms. The molecule has 1 N–H and O–H groups in total. The Labute approximate surface area is 171 Å². The first-order valence-corrected chi connectivity index (χ1v) is 10.5. The molecule has 2 heterocycles. The number of fused-ring (bicyclic) bond motifs is 1. The van der Waals surface area contributed by atoms with Crippen molar-refractivity contribution in [2.45, 2.75) is 23.9 Å². The lowest BCUT2D eigenvalue weighted by Crippen LogP contribution is -2.26. The molecular formula is C20H22N4O2S2. The van der Waals surface area contributed by atoms with Crippen molar-refractivity contribution in [2.75, 3.05) is 24.3 Å². The van der Waals surface area contributed by atoms with Crippen molar-refractivity contribution in [3.05, 3.63) is 58.7 Å². The number of anilines is 2. The molecule has 0 aliphatic heterocycles. The summed E-state index contributed by atoms with van der Waals surface area (Å²) in [7, 11) is 3.93. The molecule has 0 bridgehead atoms. The minimum absolute atomic E-state index is 0.111. The maximum Gasteiger partial charge on any atom is 0.263 e. The summed E-state index contributed by atoms with van der Waals surface area (Å²) in [6.45, 7) is 5.87. The van der Waals surface area contributed by atoms with Gasteiger partial charge in [0.15, 0.2) is 5.16 Å². The van der Waals surface area contributed by atoms with E-state index < -0.39 is 5.25 Å². The van der Waals surface area contributed by atoms with Gasteiger partial charge >= 0.3 is 0 Å². The molecular weight excluding hydrogens is 392 g/mol. The third-order valence-electron chi connectivity index (χ3n) is 4.16. The summed E-state index contributed by atoms with van der Waals surface area (Å²) in [6, 6.07) is 9.40. The quantitative estimate of drug-likeness (QED) is 0.362. The standard InChI is InChI=1S/C20H22N4O2S2/c1-5-11-24-19(26)16-10-12-27-18(16)22-20(24)28-13(2)17(25)21-14-6-8-15(9-7-14)23(3)4/h5-10,12-13H,1,11H2,2-4H3,(H,21,25). The second-order valence-electron chi connectivity index (χ2n) is 6.43. The highest BCUT2D eigenvalue weighted by atomic mass is 32.2. The van der Waals surface area contributed by atoms with Crippen LogP contribution < -0.4 is 15.8 Å². The van der Waals surface area contributed by atoms with Gasteiger partial charge in [0.2, 0.25) is 5.91 Å². The Morgan fingerprint density at radius 2 is 2.07 bits per heavy atom. The molecule has 2 aromatic heterocycles. The molecule has 0 radical (unpaired) electrons. The molecule has 0 aliphatic carbocycles. The number of thiophene rings is 1. The predicted octanol–water partition coefficient (Wildman–Crippen LogP) is 3.83. The van der Waals surface area contributed by atoms with E-state index in [1.807, 2.05) is 48.6 Å². The number of nitrogens with zero attached hydrogens (tertiary/aromatic N) is 3. The normalized spacial score (nSPS) is 12.0. The van der Waals surface area contributed by atoms with Gasteiger partial charge in [0.25, 0.3) is 5.56 Å². The van der Waals surface area contributed by atoms with Gasteiger partial charge in [-0.05, 0) is 42.6 Å². The Balaban J connectivity index is 1.78. The fourth-order valence-corrected chi connectivity index (χ4v) is 4.33. The Morgan fingerprint density at radius 3 is 2.71 bits per heavy atom. The smallest absolute Gasteiger partial charge is 0.263 e. The summed E-state index contributed by atoms with van der Waals surface area (Å²) in [4.78, 5) is 32.6. The zero-order chi connectivity index (χ0) is 20.3. The Morgan fingerprint density at radius 1 is 1.36 bits per heavy atom. The van der Waals surface area contributed by atoms with Crippen LogP contribution in [-0.2, 0) is 11.3 Å². The third-order valence-corrected chi connectivity index (χ3v) is 6.06. The zero-order valence-electron chi connectivity index (χ0n) is 16.0. The summed E-state index contributed by atoms with van der Waals surface area (Å²) >= 11 is 2.68. The molecule has 3 rings (SSSR count).